The van der Waals surface area contributed by atoms with Crippen LogP contribution < -0.4 is 0 Å². The van der Waals surface area contributed by atoms with Gasteiger partial charge in [0, 0.05) is 38.4 Å². The monoisotopic (exact) mass is 316 g/mol. The van der Waals surface area contributed by atoms with Gasteiger partial charge in [-0.05, 0) is 51.5 Å². The summed E-state index contributed by atoms with van der Waals surface area (Å²) in [7, 11) is -3.10. The van der Waals surface area contributed by atoms with E-state index < -0.39 is 10.0 Å². The van der Waals surface area contributed by atoms with E-state index in [1.54, 1.807) is 4.31 Å². The third kappa shape index (κ3) is 3.60. The Morgan fingerprint density at radius 3 is 2.67 bits per heavy atom. The summed E-state index contributed by atoms with van der Waals surface area (Å²) in [5.41, 5.74) is 0. The van der Waals surface area contributed by atoms with Crippen molar-refractivity contribution in [1.29, 1.82) is 0 Å². The molecule has 3 fully saturated rings. The highest BCUT2D eigenvalue weighted by Gasteiger charge is 2.39. The molecule has 3 aliphatic rings. The Bertz CT molecular complexity index is 448. The van der Waals surface area contributed by atoms with E-state index in [2.05, 4.69) is 11.8 Å². The van der Waals surface area contributed by atoms with Crippen LogP contribution in [-0.4, -0.2) is 68.3 Å². The maximum Gasteiger partial charge on any atom is 0.214 e. The summed E-state index contributed by atoms with van der Waals surface area (Å²) in [6, 6.07) is 0.582. The topological polar surface area (TPSA) is 49.9 Å². The van der Waals surface area contributed by atoms with Crippen molar-refractivity contribution in [3.8, 4) is 0 Å². The van der Waals surface area contributed by atoms with Crippen molar-refractivity contribution in [2.75, 3.05) is 38.6 Å². The smallest absolute Gasteiger partial charge is 0.214 e. The normalized spacial score (nSPS) is 33.2. The van der Waals surface area contributed by atoms with Crippen molar-refractivity contribution < 1.29 is 13.2 Å². The van der Waals surface area contributed by atoms with E-state index in [0.717, 1.165) is 52.0 Å². The highest BCUT2D eigenvalue weighted by Crippen LogP contribution is 2.27. The van der Waals surface area contributed by atoms with Gasteiger partial charge < -0.3 is 4.74 Å². The minimum atomic E-state index is -3.10. The Balaban J connectivity index is 1.58. The summed E-state index contributed by atoms with van der Waals surface area (Å²) in [4.78, 5) is 2.47. The van der Waals surface area contributed by atoms with Crippen LogP contribution >= 0.6 is 0 Å². The van der Waals surface area contributed by atoms with Crippen LogP contribution in [0.5, 0.6) is 0 Å². The average molecular weight is 316 g/mol. The lowest BCUT2D eigenvalue weighted by Crippen LogP contribution is -2.57. The Morgan fingerprint density at radius 1 is 1.14 bits per heavy atom. The predicted octanol–water partition coefficient (Wildman–Crippen LogP) is 1.30. The lowest BCUT2D eigenvalue weighted by atomic mass is 9.98. The number of fused-ring (bicyclic) bond motifs is 1. The van der Waals surface area contributed by atoms with E-state index in [-0.39, 0.29) is 6.04 Å². The molecule has 0 bridgehead atoms. The van der Waals surface area contributed by atoms with E-state index in [1.165, 1.54) is 6.42 Å². The molecule has 3 saturated heterocycles. The van der Waals surface area contributed by atoms with Crippen LogP contribution in [0, 0.1) is 5.92 Å². The van der Waals surface area contributed by atoms with Gasteiger partial charge in [-0.2, -0.15) is 4.31 Å². The van der Waals surface area contributed by atoms with Crippen molar-refractivity contribution >= 4 is 10.0 Å². The first kappa shape index (κ1) is 15.7. The zero-order chi connectivity index (χ0) is 14.9. The number of ether oxygens (including phenoxy) is 1. The van der Waals surface area contributed by atoms with Gasteiger partial charge in [0.1, 0.15) is 0 Å². The number of piperazine rings is 1. The van der Waals surface area contributed by atoms with Crippen LogP contribution in [0.4, 0.5) is 0 Å². The van der Waals surface area contributed by atoms with Crippen molar-refractivity contribution in [3.63, 3.8) is 0 Å². The fourth-order valence-corrected chi connectivity index (χ4v) is 5.90. The first-order chi connectivity index (χ1) is 10.1. The molecule has 3 heterocycles. The first-order valence-corrected chi connectivity index (χ1v) is 9.98. The minimum Gasteiger partial charge on any atom is -0.381 e. The second-order valence-electron chi connectivity index (χ2n) is 6.87. The Labute approximate surface area is 128 Å². The van der Waals surface area contributed by atoms with E-state index in [9.17, 15) is 8.42 Å². The Kier molecular flexibility index (Phi) is 4.88. The molecule has 3 aliphatic heterocycles. The van der Waals surface area contributed by atoms with Crippen LogP contribution in [0.3, 0.4) is 0 Å². The van der Waals surface area contributed by atoms with Gasteiger partial charge in [-0.1, -0.05) is 0 Å². The fraction of sp³-hybridized carbons (Fsp3) is 1.00. The molecule has 6 heteroatoms. The Morgan fingerprint density at radius 2 is 1.90 bits per heavy atom. The zero-order valence-electron chi connectivity index (χ0n) is 13.0. The number of hydrogen-bond donors (Lipinski definition) is 0. The molecule has 0 spiro atoms. The number of rotatable bonds is 4. The van der Waals surface area contributed by atoms with Crippen LogP contribution in [0.15, 0.2) is 0 Å². The molecule has 0 unspecified atom stereocenters. The Hall–Kier alpha value is -0.170. The second kappa shape index (κ2) is 6.52. The van der Waals surface area contributed by atoms with Gasteiger partial charge in [0.15, 0.2) is 0 Å². The van der Waals surface area contributed by atoms with Crippen molar-refractivity contribution in [3.05, 3.63) is 0 Å². The van der Waals surface area contributed by atoms with Gasteiger partial charge in [-0.25, -0.2) is 8.42 Å². The van der Waals surface area contributed by atoms with Crippen molar-refractivity contribution in [2.24, 2.45) is 5.92 Å². The van der Waals surface area contributed by atoms with Crippen LogP contribution in [0.2, 0.25) is 0 Å². The molecule has 0 aromatic rings. The van der Waals surface area contributed by atoms with Crippen LogP contribution in [-0.2, 0) is 14.8 Å². The van der Waals surface area contributed by atoms with Gasteiger partial charge in [-0.15, -0.1) is 0 Å². The summed E-state index contributed by atoms with van der Waals surface area (Å²) in [6.45, 7) is 6.40. The summed E-state index contributed by atoms with van der Waals surface area (Å²) in [5, 5.41) is 0. The largest absolute Gasteiger partial charge is 0.381 e. The van der Waals surface area contributed by atoms with E-state index >= 15 is 0 Å². The predicted molar refractivity (Wildman–Crippen MR) is 82.7 cm³/mol. The quantitative estimate of drug-likeness (QED) is 0.784. The van der Waals surface area contributed by atoms with Gasteiger partial charge in [0.2, 0.25) is 10.0 Å². The molecule has 122 valence electrons. The average Bonchev–Trinajstić information content (AvgIpc) is 2.92. The van der Waals surface area contributed by atoms with Crippen LogP contribution in [0.25, 0.3) is 0 Å². The van der Waals surface area contributed by atoms with Crippen molar-refractivity contribution in [2.45, 2.75) is 51.1 Å². The highest BCUT2D eigenvalue weighted by molar-refractivity contribution is 7.89. The van der Waals surface area contributed by atoms with Gasteiger partial charge in [-0.3, -0.25) is 4.90 Å². The summed E-state index contributed by atoms with van der Waals surface area (Å²) < 4.78 is 32.5. The fourth-order valence-electron chi connectivity index (χ4n) is 4.02. The van der Waals surface area contributed by atoms with Crippen LogP contribution in [0.1, 0.15) is 39.0 Å². The third-order valence-electron chi connectivity index (χ3n) is 5.36. The zero-order valence-corrected chi connectivity index (χ0v) is 13.9. The third-order valence-corrected chi connectivity index (χ3v) is 7.34. The molecular weight excluding hydrogens is 288 g/mol. The molecular formula is C15H28N2O3S. The maximum atomic E-state index is 12.7. The molecule has 0 amide bonds. The molecule has 0 radical (unpaired) electrons. The molecule has 0 N–H and O–H groups in total. The number of hydrogen-bond acceptors (Lipinski definition) is 4. The molecule has 2 atom stereocenters. The molecule has 0 aromatic carbocycles. The van der Waals surface area contributed by atoms with Gasteiger partial charge in [0.25, 0.3) is 0 Å². The SMILES string of the molecule is C[C@H]1CN2CCC[C@H]2CN1S(=O)(=O)CCC1CCOCC1. The molecule has 0 aromatic heterocycles. The molecule has 3 rings (SSSR count). The highest BCUT2D eigenvalue weighted by atomic mass is 32.2. The molecule has 5 nitrogen and oxygen atoms in total. The first-order valence-electron chi connectivity index (χ1n) is 8.37. The maximum absolute atomic E-state index is 12.7. The molecule has 0 saturated carbocycles. The summed E-state index contributed by atoms with van der Waals surface area (Å²) in [6.07, 6.45) is 5.19. The van der Waals surface area contributed by atoms with Gasteiger partial charge in [0.05, 0.1) is 5.75 Å². The van der Waals surface area contributed by atoms with Gasteiger partial charge >= 0.3 is 0 Å². The van der Waals surface area contributed by atoms with E-state index in [4.69, 9.17) is 4.74 Å². The second-order valence-corrected chi connectivity index (χ2v) is 8.91. The van der Waals surface area contributed by atoms with Crippen molar-refractivity contribution in [1.82, 2.24) is 9.21 Å². The minimum absolute atomic E-state index is 0.124. The number of sulfonamides is 1. The standard InChI is InChI=1S/C15H28N2O3S/c1-13-11-16-7-2-3-15(16)12-17(13)21(18,19)10-6-14-4-8-20-9-5-14/h13-15H,2-12H2,1H3/t13-,15-/m0/s1. The number of nitrogens with zero attached hydrogens (tertiary/aromatic N) is 2. The molecule has 0 aliphatic carbocycles. The van der Waals surface area contributed by atoms with E-state index in [1.807, 2.05) is 0 Å². The van der Waals surface area contributed by atoms with E-state index in [0.29, 0.717) is 24.3 Å². The molecule has 21 heavy (non-hydrogen) atoms. The lowest BCUT2D eigenvalue weighted by molar-refractivity contribution is 0.0652. The lowest BCUT2D eigenvalue weighted by Gasteiger charge is -2.41. The summed E-state index contributed by atoms with van der Waals surface area (Å²) >= 11 is 0. The summed E-state index contributed by atoms with van der Waals surface area (Å²) in [5.74, 6) is 0.839.